The van der Waals surface area contributed by atoms with Crippen LogP contribution < -0.4 is 5.32 Å². The predicted octanol–water partition coefficient (Wildman–Crippen LogP) is 2.27. The fraction of sp³-hybridized carbons (Fsp3) is 0.385. The summed E-state index contributed by atoms with van der Waals surface area (Å²) >= 11 is 1.40. The van der Waals surface area contributed by atoms with Crippen LogP contribution in [0.5, 0.6) is 0 Å². The van der Waals surface area contributed by atoms with Crippen LogP contribution in [0.25, 0.3) is 0 Å². The molecule has 0 radical (unpaired) electrons. The molecule has 1 aliphatic rings. The minimum absolute atomic E-state index is 0.150. The zero-order chi connectivity index (χ0) is 12.6. The number of aryl methyl sites for hydroxylation is 1. The van der Waals surface area contributed by atoms with Crippen molar-refractivity contribution in [1.82, 2.24) is 14.7 Å². The molecule has 1 aromatic heterocycles. The molecule has 3 rings (SSSR count). The van der Waals surface area contributed by atoms with Gasteiger partial charge in [0.1, 0.15) is 17.2 Å². The van der Waals surface area contributed by atoms with E-state index in [1.807, 2.05) is 12.1 Å². The second-order valence-electron chi connectivity index (χ2n) is 4.72. The minimum atomic E-state index is -0.213. The van der Waals surface area contributed by atoms with Crippen molar-refractivity contribution in [3.8, 4) is 0 Å². The van der Waals surface area contributed by atoms with E-state index in [0.717, 1.165) is 30.1 Å². The molecule has 1 N–H and O–H groups in total. The monoisotopic (exact) mass is 263 g/mol. The first-order chi connectivity index (χ1) is 8.72. The zero-order valence-corrected chi connectivity index (χ0v) is 10.9. The molecule has 0 spiro atoms. The van der Waals surface area contributed by atoms with E-state index in [1.165, 1.54) is 11.5 Å². The number of nitrogens with zero attached hydrogens (tertiary/aromatic N) is 2. The molecular formula is C13H14FN3S. The number of nitrogens with one attached hydrogen (secondary N) is 1. The van der Waals surface area contributed by atoms with E-state index in [1.54, 1.807) is 19.3 Å². The van der Waals surface area contributed by atoms with Gasteiger partial charge in [0.15, 0.2) is 0 Å². The van der Waals surface area contributed by atoms with Crippen LogP contribution in [-0.2, 0) is 5.41 Å². The normalized spacial score (nSPS) is 23.4. The van der Waals surface area contributed by atoms with E-state index in [0.29, 0.717) is 5.56 Å². The second kappa shape index (κ2) is 4.40. The lowest BCUT2D eigenvalue weighted by Crippen LogP contribution is -2.30. The van der Waals surface area contributed by atoms with Gasteiger partial charge in [0.2, 0.25) is 0 Å². The van der Waals surface area contributed by atoms with E-state index in [9.17, 15) is 4.39 Å². The average Bonchev–Trinajstić information content (AvgIpc) is 3.01. The molecule has 0 unspecified atom stereocenters. The first-order valence-electron chi connectivity index (χ1n) is 5.97. The third kappa shape index (κ3) is 1.74. The molecule has 1 aromatic carbocycles. The molecule has 1 saturated heterocycles. The maximum Gasteiger partial charge on any atom is 0.129 e. The number of benzene rings is 1. The Labute approximate surface area is 109 Å². The molecule has 2 heterocycles. The number of rotatable bonds is 2. The van der Waals surface area contributed by atoms with E-state index in [-0.39, 0.29) is 11.2 Å². The zero-order valence-electron chi connectivity index (χ0n) is 10.1. The molecule has 94 valence electrons. The summed E-state index contributed by atoms with van der Waals surface area (Å²) in [5.41, 5.74) is 1.46. The third-order valence-electron chi connectivity index (χ3n) is 3.65. The van der Waals surface area contributed by atoms with E-state index < -0.39 is 0 Å². The Morgan fingerprint density at radius 1 is 1.44 bits per heavy atom. The van der Waals surface area contributed by atoms with Gasteiger partial charge in [-0.1, -0.05) is 12.1 Å². The predicted molar refractivity (Wildman–Crippen MR) is 69.3 cm³/mol. The maximum absolute atomic E-state index is 13.8. The summed E-state index contributed by atoms with van der Waals surface area (Å²) in [6.45, 7) is 3.50. The lowest BCUT2D eigenvalue weighted by Gasteiger charge is -2.26. The van der Waals surface area contributed by atoms with Gasteiger partial charge in [0.25, 0.3) is 0 Å². The highest BCUT2D eigenvalue weighted by atomic mass is 32.1. The number of aromatic nitrogens is 2. The average molecular weight is 263 g/mol. The SMILES string of the molecule is Cc1ccc([C@]2(c3ncns3)CCNC2)cc1F. The Balaban J connectivity index is 2.12. The Hall–Kier alpha value is -1.33. The van der Waals surface area contributed by atoms with Crippen molar-refractivity contribution >= 4 is 11.5 Å². The molecular weight excluding hydrogens is 249 g/mol. The van der Waals surface area contributed by atoms with Crippen LogP contribution >= 0.6 is 11.5 Å². The van der Waals surface area contributed by atoms with Crippen LogP contribution in [0.4, 0.5) is 4.39 Å². The van der Waals surface area contributed by atoms with Gasteiger partial charge in [-0.3, -0.25) is 0 Å². The van der Waals surface area contributed by atoms with Gasteiger partial charge in [-0.25, -0.2) is 9.37 Å². The number of hydrogen-bond donors (Lipinski definition) is 1. The Morgan fingerprint density at radius 3 is 2.94 bits per heavy atom. The van der Waals surface area contributed by atoms with Gasteiger partial charge < -0.3 is 5.32 Å². The van der Waals surface area contributed by atoms with Gasteiger partial charge >= 0.3 is 0 Å². The van der Waals surface area contributed by atoms with Gasteiger partial charge in [-0.05, 0) is 48.6 Å². The molecule has 0 aliphatic carbocycles. The maximum atomic E-state index is 13.8. The molecule has 5 heteroatoms. The molecule has 3 nitrogen and oxygen atoms in total. The molecule has 18 heavy (non-hydrogen) atoms. The number of hydrogen-bond acceptors (Lipinski definition) is 4. The summed E-state index contributed by atoms with van der Waals surface area (Å²) in [5, 5.41) is 4.32. The van der Waals surface area contributed by atoms with E-state index in [2.05, 4.69) is 14.7 Å². The largest absolute Gasteiger partial charge is 0.315 e. The first-order valence-corrected chi connectivity index (χ1v) is 6.74. The summed E-state index contributed by atoms with van der Waals surface area (Å²) in [6, 6.07) is 5.49. The molecule has 0 bridgehead atoms. The van der Waals surface area contributed by atoms with Crippen molar-refractivity contribution < 1.29 is 4.39 Å². The van der Waals surface area contributed by atoms with Crippen LogP contribution in [-0.4, -0.2) is 22.4 Å². The Bertz CT molecular complexity index is 547. The lowest BCUT2D eigenvalue weighted by molar-refractivity contribution is 0.552. The van der Waals surface area contributed by atoms with Crippen molar-refractivity contribution in [2.24, 2.45) is 0 Å². The molecule has 0 amide bonds. The van der Waals surface area contributed by atoms with Crippen LogP contribution in [0, 0.1) is 12.7 Å². The topological polar surface area (TPSA) is 37.8 Å². The highest BCUT2D eigenvalue weighted by molar-refractivity contribution is 7.05. The highest BCUT2D eigenvalue weighted by Gasteiger charge is 2.40. The Kier molecular flexibility index (Phi) is 2.87. The summed E-state index contributed by atoms with van der Waals surface area (Å²) in [7, 11) is 0. The molecule has 0 saturated carbocycles. The summed E-state index contributed by atoms with van der Waals surface area (Å²) < 4.78 is 17.9. The highest BCUT2D eigenvalue weighted by Crippen LogP contribution is 2.38. The molecule has 1 aliphatic heterocycles. The fourth-order valence-electron chi connectivity index (χ4n) is 2.52. The standard InChI is InChI=1S/C13H14FN3S/c1-9-2-3-10(6-11(9)14)13(4-5-15-7-13)12-16-8-17-18-12/h2-3,6,8,15H,4-5,7H2,1H3/t13-/m0/s1. The van der Waals surface area contributed by atoms with Crippen LogP contribution in [0.2, 0.25) is 0 Å². The van der Waals surface area contributed by atoms with E-state index in [4.69, 9.17) is 0 Å². The van der Waals surface area contributed by atoms with Crippen LogP contribution in [0.1, 0.15) is 22.6 Å². The van der Waals surface area contributed by atoms with Crippen molar-refractivity contribution in [3.63, 3.8) is 0 Å². The molecule has 2 aromatic rings. The summed E-state index contributed by atoms with van der Waals surface area (Å²) in [6.07, 6.45) is 2.51. The van der Waals surface area contributed by atoms with E-state index >= 15 is 0 Å². The van der Waals surface area contributed by atoms with Gasteiger partial charge in [0, 0.05) is 6.54 Å². The number of halogens is 1. The Morgan fingerprint density at radius 2 is 2.33 bits per heavy atom. The molecule has 1 fully saturated rings. The van der Waals surface area contributed by atoms with Gasteiger partial charge in [0.05, 0.1) is 5.41 Å². The van der Waals surface area contributed by atoms with Crippen LogP contribution in [0.15, 0.2) is 24.5 Å². The van der Waals surface area contributed by atoms with Gasteiger partial charge in [-0.15, -0.1) is 0 Å². The van der Waals surface area contributed by atoms with Crippen molar-refractivity contribution in [2.75, 3.05) is 13.1 Å². The van der Waals surface area contributed by atoms with Crippen molar-refractivity contribution in [3.05, 3.63) is 46.5 Å². The minimum Gasteiger partial charge on any atom is -0.315 e. The van der Waals surface area contributed by atoms with Crippen molar-refractivity contribution in [2.45, 2.75) is 18.8 Å². The second-order valence-corrected chi connectivity index (χ2v) is 5.50. The molecule has 1 atom stereocenters. The summed E-state index contributed by atoms with van der Waals surface area (Å²) in [5.74, 6) is -0.150. The summed E-state index contributed by atoms with van der Waals surface area (Å²) in [4.78, 5) is 4.34. The first kappa shape index (κ1) is 11.7. The third-order valence-corrected chi connectivity index (χ3v) is 4.52. The van der Waals surface area contributed by atoms with Crippen molar-refractivity contribution in [1.29, 1.82) is 0 Å². The van der Waals surface area contributed by atoms with Crippen LogP contribution in [0.3, 0.4) is 0 Å². The lowest BCUT2D eigenvalue weighted by atomic mass is 9.80. The quantitative estimate of drug-likeness (QED) is 0.903. The fourth-order valence-corrected chi connectivity index (χ4v) is 3.27. The van der Waals surface area contributed by atoms with Gasteiger partial charge in [-0.2, -0.15) is 4.37 Å². The smallest absolute Gasteiger partial charge is 0.129 e.